The third kappa shape index (κ3) is 5.48. The second-order valence-electron chi connectivity index (χ2n) is 9.22. The minimum absolute atomic E-state index is 0.0823. The van der Waals surface area contributed by atoms with Crippen molar-refractivity contribution in [1.82, 2.24) is 10.2 Å². The van der Waals surface area contributed by atoms with Gasteiger partial charge in [-0.3, -0.25) is 9.59 Å². The number of aryl methyl sites for hydroxylation is 1. The molecule has 2 fully saturated rings. The molecule has 164 valence electrons. The molecule has 5 heteroatoms. The molecule has 2 aliphatic rings. The van der Waals surface area contributed by atoms with E-state index in [1.54, 1.807) is 0 Å². The Balaban J connectivity index is 1.39. The van der Waals surface area contributed by atoms with Crippen molar-refractivity contribution in [2.75, 3.05) is 13.1 Å². The molecule has 2 aliphatic heterocycles. The molecular weight excluding hydrogens is 408 g/mol. The van der Waals surface area contributed by atoms with Crippen LogP contribution in [0.4, 0.5) is 0 Å². The fraction of sp³-hybridized carbons (Fsp3) is 0.462. The highest BCUT2D eigenvalue weighted by Crippen LogP contribution is 2.32. The first-order chi connectivity index (χ1) is 14.9. The zero-order valence-corrected chi connectivity index (χ0v) is 19.0. The highest BCUT2D eigenvalue weighted by molar-refractivity contribution is 6.30. The molecular formula is C26H31ClN2O2. The Kier molecular flexibility index (Phi) is 6.66. The predicted octanol–water partition coefficient (Wildman–Crippen LogP) is 5.03. The van der Waals surface area contributed by atoms with Crippen LogP contribution in [0, 0.1) is 6.92 Å². The summed E-state index contributed by atoms with van der Waals surface area (Å²) in [5.41, 5.74) is 3.39. The van der Waals surface area contributed by atoms with Gasteiger partial charge < -0.3 is 10.2 Å². The number of rotatable bonds is 6. The fourth-order valence-electron chi connectivity index (χ4n) is 5.08. The molecule has 0 aliphatic carbocycles. The van der Waals surface area contributed by atoms with E-state index in [1.807, 2.05) is 29.2 Å². The monoisotopic (exact) mass is 438 g/mol. The largest absolute Gasteiger partial charge is 0.350 e. The van der Waals surface area contributed by atoms with E-state index < -0.39 is 0 Å². The standard InChI is InChI=1S/C26H31ClN2O2/c1-19-4-2-5-21(16-19)22-6-3-15-29(18-22)25(31)12-14-26(13-11-24(30)28-26)17-20-7-9-23(27)10-8-20/h2,4-5,7-10,16,22H,3,6,11-15,17-18H2,1H3,(H,28,30). The average molecular weight is 439 g/mol. The van der Waals surface area contributed by atoms with Gasteiger partial charge in [0.05, 0.1) is 0 Å². The van der Waals surface area contributed by atoms with Crippen molar-refractivity contribution in [3.63, 3.8) is 0 Å². The molecule has 1 N–H and O–H groups in total. The van der Waals surface area contributed by atoms with E-state index in [4.69, 9.17) is 11.6 Å². The summed E-state index contributed by atoms with van der Waals surface area (Å²) >= 11 is 6.02. The van der Waals surface area contributed by atoms with Gasteiger partial charge in [0.1, 0.15) is 0 Å². The predicted molar refractivity (Wildman–Crippen MR) is 124 cm³/mol. The van der Waals surface area contributed by atoms with Gasteiger partial charge in [0.2, 0.25) is 11.8 Å². The highest BCUT2D eigenvalue weighted by Gasteiger charge is 2.38. The van der Waals surface area contributed by atoms with Gasteiger partial charge >= 0.3 is 0 Å². The Hall–Kier alpha value is -2.33. The van der Waals surface area contributed by atoms with Crippen molar-refractivity contribution in [3.05, 3.63) is 70.2 Å². The van der Waals surface area contributed by atoms with Crippen LogP contribution < -0.4 is 5.32 Å². The van der Waals surface area contributed by atoms with Gasteiger partial charge in [0.15, 0.2) is 0 Å². The molecule has 2 aromatic carbocycles. The van der Waals surface area contributed by atoms with Crippen LogP contribution >= 0.6 is 11.6 Å². The number of benzene rings is 2. The van der Waals surface area contributed by atoms with Crippen molar-refractivity contribution in [2.45, 2.75) is 63.3 Å². The van der Waals surface area contributed by atoms with Gasteiger partial charge in [-0.25, -0.2) is 0 Å². The summed E-state index contributed by atoms with van der Waals surface area (Å²) < 4.78 is 0. The Bertz CT molecular complexity index is 943. The lowest BCUT2D eigenvalue weighted by Gasteiger charge is -2.35. The third-order valence-corrected chi connectivity index (χ3v) is 7.05. The van der Waals surface area contributed by atoms with Crippen molar-refractivity contribution in [3.8, 4) is 0 Å². The second kappa shape index (κ2) is 9.44. The molecule has 2 atom stereocenters. The van der Waals surface area contributed by atoms with Gasteiger partial charge in [-0.05, 0) is 62.3 Å². The van der Waals surface area contributed by atoms with Crippen molar-refractivity contribution < 1.29 is 9.59 Å². The molecule has 0 spiro atoms. The van der Waals surface area contributed by atoms with Crippen LogP contribution in [0.2, 0.25) is 5.02 Å². The molecule has 0 bridgehead atoms. The Morgan fingerprint density at radius 3 is 2.74 bits per heavy atom. The Labute approximate surface area is 190 Å². The van der Waals surface area contributed by atoms with Gasteiger partial charge in [0, 0.05) is 42.4 Å². The molecule has 2 aromatic rings. The molecule has 2 saturated heterocycles. The van der Waals surface area contributed by atoms with Crippen LogP contribution in [-0.4, -0.2) is 35.3 Å². The topological polar surface area (TPSA) is 49.4 Å². The number of hydrogen-bond acceptors (Lipinski definition) is 2. The van der Waals surface area contributed by atoms with Crippen LogP contribution in [0.1, 0.15) is 61.1 Å². The van der Waals surface area contributed by atoms with Crippen LogP contribution in [0.5, 0.6) is 0 Å². The van der Waals surface area contributed by atoms with Crippen LogP contribution in [0.15, 0.2) is 48.5 Å². The molecule has 0 saturated carbocycles. The summed E-state index contributed by atoms with van der Waals surface area (Å²) in [6.07, 6.45) is 5.34. The lowest BCUT2D eigenvalue weighted by molar-refractivity contribution is -0.133. The van der Waals surface area contributed by atoms with E-state index in [0.29, 0.717) is 30.2 Å². The maximum atomic E-state index is 13.1. The van der Waals surface area contributed by atoms with Gasteiger partial charge in [-0.1, -0.05) is 53.6 Å². The number of carbonyl (C=O) groups excluding carboxylic acids is 2. The maximum absolute atomic E-state index is 13.1. The number of amides is 2. The summed E-state index contributed by atoms with van der Waals surface area (Å²) in [5.74, 6) is 0.694. The van der Waals surface area contributed by atoms with Crippen molar-refractivity contribution in [2.24, 2.45) is 0 Å². The Morgan fingerprint density at radius 2 is 2.03 bits per heavy atom. The first-order valence-corrected chi connectivity index (χ1v) is 11.7. The second-order valence-corrected chi connectivity index (χ2v) is 9.66. The number of halogens is 1. The number of carbonyl (C=O) groups is 2. The summed E-state index contributed by atoms with van der Waals surface area (Å²) in [5, 5.41) is 3.89. The lowest BCUT2D eigenvalue weighted by Crippen LogP contribution is -2.45. The number of hydrogen-bond donors (Lipinski definition) is 1. The van der Waals surface area contributed by atoms with E-state index in [9.17, 15) is 9.59 Å². The lowest BCUT2D eigenvalue weighted by atomic mass is 9.84. The fourth-order valence-corrected chi connectivity index (χ4v) is 5.21. The summed E-state index contributed by atoms with van der Waals surface area (Å²) in [6, 6.07) is 16.4. The number of piperidine rings is 1. The van der Waals surface area contributed by atoms with Crippen LogP contribution in [0.25, 0.3) is 0 Å². The minimum atomic E-state index is -0.341. The van der Waals surface area contributed by atoms with E-state index in [0.717, 1.165) is 44.3 Å². The molecule has 4 rings (SSSR count). The van der Waals surface area contributed by atoms with Crippen LogP contribution in [-0.2, 0) is 16.0 Å². The van der Waals surface area contributed by atoms with E-state index >= 15 is 0 Å². The minimum Gasteiger partial charge on any atom is -0.350 e. The zero-order valence-electron chi connectivity index (χ0n) is 18.2. The smallest absolute Gasteiger partial charge is 0.222 e. The van der Waals surface area contributed by atoms with Crippen molar-refractivity contribution >= 4 is 23.4 Å². The summed E-state index contributed by atoms with van der Waals surface area (Å²) in [7, 11) is 0. The highest BCUT2D eigenvalue weighted by atomic mass is 35.5. The molecule has 31 heavy (non-hydrogen) atoms. The van der Waals surface area contributed by atoms with Crippen LogP contribution in [0.3, 0.4) is 0 Å². The SMILES string of the molecule is Cc1cccc(C2CCCN(C(=O)CCC3(Cc4ccc(Cl)cc4)CCC(=O)N3)C2)c1. The van der Waals surface area contributed by atoms with Gasteiger partial charge in [-0.2, -0.15) is 0 Å². The van der Waals surface area contributed by atoms with Gasteiger partial charge in [-0.15, -0.1) is 0 Å². The quantitative estimate of drug-likeness (QED) is 0.687. The third-order valence-electron chi connectivity index (χ3n) is 6.80. The van der Waals surface area contributed by atoms with E-state index in [1.165, 1.54) is 11.1 Å². The van der Waals surface area contributed by atoms with E-state index in [-0.39, 0.29) is 17.4 Å². The van der Waals surface area contributed by atoms with E-state index in [2.05, 4.69) is 36.5 Å². The number of nitrogens with one attached hydrogen (secondary N) is 1. The average Bonchev–Trinajstić information content (AvgIpc) is 3.14. The van der Waals surface area contributed by atoms with Crippen molar-refractivity contribution in [1.29, 1.82) is 0 Å². The zero-order chi connectivity index (χ0) is 21.8. The molecule has 4 nitrogen and oxygen atoms in total. The summed E-state index contributed by atoms with van der Waals surface area (Å²) in [4.78, 5) is 27.2. The Morgan fingerprint density at radius 1 is 1.23 bits per heavy atom. The normalized spacial score (nSPS) is 23.6. The first-order valence-electron chi connectivity index (χ1n) is 11.3. The molecule has 2 heterocycles. The molecule has 0 aromatic heterocycles. The first kappa shape index (κ1) is 21.9. The molecule has 2 unspecified atom stereocenters. The maximum Gasteiger partial charge on any atom is 0.222 e. The number of likely N-dealkylation sites (tertiary alicyclic amines) is 1. The number of nitrogens with zero attached hydrogens (tertiary/aromatic N) is 1. The summed E-state index contributed by atoms with van der Waals surface area (Å²) in [6.45, 7) is 3.74. The van der Waals surface area contributed by atoms with Gasteiger partial charge in [0.25, 0.3) is 0 Å². The molecule has 0 radical (unpaired) electrons. The molecule has 2 amide bonds.